The fourth-order valence-corrected chi connectivity index (χ4v) is 2.65. The number of amides is 2. The topological polar surface area (TPSA) is 72.9 Å². The molecule has 0 aliphatic carbocycles. The number of aliphatic carboxylic acids is 1. The Morgan fingerprint density at radius 3 is 2.20 bits per heavy atom. The first kappa shape index (κ1) is 16.8. The van der Waals surface area contributed by atoms with Gasteiger partial charge in [-0.15, -0.1) is 0 Å². The van der Waals surface area contributed by atoms with Crippen LogP contribution in [0.4, 0.5) is 4.79 Å². The number of nitrogens with one attached hydrogen (secondary N) is 1. The fourth-order valence-electron chi connectivity index (χ4n) is 2.65. The number of hydrogen-bond acceptors (Lipinski definition) is 3. The highest BCUT2D eigenvalue weighted by atomic mass is 16.4. The average Bonchev–Trinajstić information content (AvgIpc) is 2.65. The van der Waals surface area contributed by atoms with Crippen LogP contribution in [0.5, 0.6) is 0 Å². The lowest BCUT2D eigenvalue weighted by Crippen LogP contribution is -2.53. The molecule has 1 rings (SSSR count). The molecular weight excluding hydrogens is 258 g/mol. The van der Waals surface area contributed by atoms with E-state index in [0.717, 1.165) is 0 Å². The van der Waals surface area contributed by atoms with Gasteiger partial charge in [0.05, 0.1) is 0 Å². The second kappa shape index (κ2) is 5.99. The molecule has 2 amide bonds. The average molecular weight is 285 g/mol. The van der Waals surface area contributed by atoms with Gasteiger partial charge in [0.1, 0.15) is 6.04 Å². The minimum atomic E-state index is -0.998. The van der Waals surface area contributed by atoms with Crippen LogP contribution in [0.2, 0.25) is 0 Å². The number of likely N-dealkylation sites (N-methyl/N-ethyl adjacent to an activating group) is 1. The minimum Gasteiger partial charge on any atom is -0.480 e. The first-order valence-corrected chi connectivity index (χ1v) is 6.98. The summed E-state index contributed by atoms with van der Waals surface area (Å²) in [5.74, 6) is -0.615. The van der Waals surface area contributed by atoms with E-state index in [1.54, 1.807) is 25.7 Å². The highest BCUT2D eigenvalue weighted by Crippen LogP contribution is 2.22. The van der Waals surface area contributed by atoms with E-state index in [0.29, 0.717) is 25.0 Å². The van der Waals surface area contributed by atoms with Crippen molar-refractivity contribution < 1.29 is 14.7 Å². The van der Waals surface area contributed by atoms with Crippen molar-refractivity contribution in [3.8, 4) is 0 Å². The van der Waals surface area contributed by atoms with E-state index < -0.39 is 17.4 Å². The Morgan fingerprint density at radius 1 is 1.30 bits per heavy atom. The number of carbonyl (C=O) groups is 2. The Morgan fingerprint density at radius 2 is 1.85 bits per heavy atom. The zero-order valence-electron chi connectivity index (χ0n) is 13.3. The van der Waals surface area contributed by atoms with E-state index in [4.69, 9.17) is 0 Å². The summed E-state index contributed by atoms with van der Waals surface area (Å²) >= 11 is 0. The molecule has 0 radical (unpaired) electrons. The second-order valence-electron chi connectivity index (χ2n) is 7.00. The van der Waals surface area contributed by atoms with E-state index in [1.165, 1.54) is 0 Å². The molecule has 116 valence electrons. The van der Waals surface area contributed by atoms with Crippen LogP contribution < -0.4 is 5.32 Å². The van der Waals surface area contributed by atoms with Crippen molar-refractivity contribution in [3.63, 3.8) is 0 Å². The molecule has 0 saturated carbocycles. The molecule has 1 aliphatic rings. The predicted octanol–water partition coefficient (Wildman–Crippen LogP) is 1.08. The summed E-state index contributed by atoms with van der Waals surface area (Å²) in [5.41, 5.74) is -0.520. The van der Waals surface area contributed by atoms with Crippen molar-refractivity contribution >= 4 is 12.0 Å². The molecule has 1 aliphatic heterocycles. The molecule has 1 heterocycles. The highest BCUT2D eigenvalue weighted by molar-refractivity contribution is 5.83. The Hall–Kier alpha value is -1.30. The standard InChI is InChI=1S/C14H27N3O3/c1-9-7-17(8-10(9)16(5)6)13(20)15-11(12(18)19)14(2,3)4/h9-11H,7-8H2,1-6H3,(H,15,20)(H,18,19). The van der Waals surface area contributed by atoms with Gasteiger partial charge in [0.15, 0.2) is 0 Å². The quantitative estimate of drug-likeness (QED) is 0.814. The fraction of sp³-hybridized carbons (Fsp3) is 0.857. The first-order valence-electron chi connectivity index (χ1n) is 6.98. The van der Waals surface area contributed by atoms with E-state index in [9.17, 15) is 14.7 Å². The number of carboxylic acid groups (broad SMARTS) is 1. The number of urea groups is 1. The molecule has 0 bridgehead atoms. The summed E-state index contributed by atoms with van der Waals surface area (Å²) in [6.45, 7) is 8.82. The molecule has 2 N–H and O–H groups in total. The van der Waals surface area contributed by atoms with Gasteiger partial charge in [-0.3, -0.25) is 0 Å². The Labute approximate surface area is 121 Å². The summed E-state index contributed by atoms with van der Waals surface area (Å²) in [4.78, 5) is 27.4. The summed E-state index contributed by atoms with van der Waals surface area (Å²) < 4.78 is 0. The lowest BCUT2D eigenvalue weighted by Gasteiger charge is -2.30. The number of likely N-dealkylation sites (tertiary alicyclic amines) is 1. The maximum atomic E-state index is 12.3. The van der Waals surface area contributed by atoms with E-state index in [1.807, 2.05) is 14.1 Å². The zero-order chi connectivity index (χ0) is 15.7. The van der Waals surface area contributed by atoms with Gasteiger partial charge in [-0.1, -0.05) is 27.7 Å². The van der Waals surface area contributed by atoms with Crippen LogP contribution in [0, 0.1) is 11.3 Å². The van der Waals surface area contributed by atoms with Gasteiger partial charge >= 0.3 is 12.0 Å². The Balaban J connectivity index is 2.70. The van der Waals surface area contributed by atoms with E-state index >= 15 is 0 Å². The van der Waals surface area contributed by atoms with Crippen LogP contribution in [0.25, 0.3) is 0 Å². The largest absolute Gasteiger partial charge is 0.480 e. The number of rotatable bonds is 3. The summed E-state index contributed by atoms with van der Waals surface area (Å²) in [5, 5.41) is 11.9. The van der Waals surface area contributed by atoms with Gasteiger partial charge in [0.2, 0.25) is 0 Å². The lowest BCUT2D eigenvalue weighted by molar-refractivity contribution is -0.142. The molecule has 0 aromatic rings. The van der Waals surface area contributed by atoms with Crippen molar-refractivity contribution in [3.05, 3.63) is 0 Å². The number of hydrogen-bond donors (Lipinski definition) is 2. The number of carboxylic acids is 1. The summed E-state index contributed by atoms with van der Waals surface area (Å²) in [7, 11) is 4.00. The van der Waals surface area contributed by atoms with Crippen molar-refractivity contribution in [1.82, 2.24) is 15.1 Å². The number of nitrogens with zero attached hydrogens (tertiary/aromatic N) is 2. The second-order valence-corrected chi connectivity index (χ2v) is 7.00. The van der Waals surface area contributed by atoms with Gasteiger partial charge in [0.25, 0.3) is 0 Å². The summed E-state index contributed by atoms with van der Waals surface area (Å²) in [6.07, 6.45) is 0. The molecule has 20 heavy (non-hydrogen) atoms. The smallest absolute Gasteiger partial charge is 0.326 e. The predicted molar refractivity (Wildman–Crippen MR) is 77.6 cm³/mol. The van der Waals surface area contributed by atoms with Crippen molar-refractivity contribution in [2.45, 2.75) is 39.8 Å². The molecule has 1 saturated heterocycles. The van der Waals surface area contributed by atoms with Gasteiger partial charge in [-0.05, 0) is 25.4 Å². The third kappa shape index (κ3) is 3.85. The van der Waals surface area contributed by atoms with Crippen molar-refractivity contribution in [2.24, 2.45) is 11.3 Å². The van der Waals surface area contributed by atoms with Gasteiger partial charge in [0, 0.05) is 19.1 Å². The van der Waals surface area contributed by atoms with Gasteiger partial charge in [-0.25, -0.2) is 9.59 Å². The first-order chi connectivity index (χ1) is 9.04. The molecule has 3 atom stereocenters. The van der Waals surface area contributed by atoms with Crippen LogP contribution in [0.1, 0.15) is 27.7 Å². The molecule has 3 unspecified atom stereocenters. The van der Waals surface area contributed by atoms with Crippen LogP contribution in [-0.4, -0.2) is 66.2 Å². The SMILES string of the molecule is CC1CN(C(=O)NC(C(=O)O)C(C)(C)C)CC1N(C)C. The van der Waals surface area contributed by atoms with Crippen molar-refractivity contribution in [1.29, 1.82) is 0 Å². The lowest BCUT2D eigenvalue weighted by atomic mass is 9.87. The van der Waals surface area contributed by atoms with Gasteiger partial charge in [-0.2, -0.15) is 0 Å². The minimum absolute atomic E-state index is 0.288. The third-order valence-corrected chi connectivity index (χ3v) is 3.90. The normalized spacial score (nSPS) is 24.9. The van der Waals surface area contributed by atoms with Gasteiger partial charge < -0.3 is 20.2 Å². The molecule has 6 heteroatoms. The third-order valence-electron chi connectivity index (χ3n) is 3.90. The molecule has 0 aromatic carbocycles. The maximum Gasteiger partial charge on any atom is 0.326 e. The Bertz CT molecular complexity index is 376. The highest BCUT2D eigenvalue weighted by Gasteiger charge is 2.37. The monoisotopic (exact) mass is 285 g/mol. The number of carbonyl (C=O) groups excluding carboxylic acids is 1. The Kier molecular flexibility index (Phi) is 5.02. The molecule has 0 spiro atoms. The maximum absolute atomic E-state index is 12.3. The van der Waals surface area contributed by atoms with E-state index in [2.05, 4.69) is 17.1 Å². The molecular formula is C14H27N3O3. The zero-order valence-corrected chi connectivity index (χ0v) is 13.3. The van der Waals surface area contributed by atoms with Crippen LogP contribution in [0.15, 0.2) is 0 Å². The van der Waals surface area contributed by atoms with Crippen LogP contribution in [-0.2, 0) is 4.79 Å². The molecule has 1 fully saturated rings. The molecule has 6 nitrogen and oxygen atoms in total. The van der Waals surface area contributed by atoms with E-state index in [-0.39, 0.29) is 6.03 Å². The summed E-state index contributed by atoms with van der Waals surface area (Å²) in [6, 6.07) is -0.856. The van der Waals surface area contributed by atoms with Crippen molar-refractivity contribution in [2.75, 3.05) is 27.2 Å². The van der Waals surface area contributed by atoms with Crippen LogP contribution >= 0.6 is 0 Å². The van der Waals surface area contributed by atoms with Crippen LogP contribution in [0.3, 0.4) is 0 Å². The molecule has 0 aromatic heterocycles.